The summed E-state index contributed by atoms with van der Waals surface area (Å²) in [6.07, 6.45) is 0.162. The van der Waals surface area contributed by atoms with Gasteiger partial charge >= 0.3 is 0 Å². The second-order valence-corrected chi connectivity index (χ2v) is 5.11. The summed E-state index contributed by atoms with van der Waals surface area (Å²) in [4.78, 5) is 2.36. The second kappa shape index (κ2) is 7.62. The molecule has 112 valence electrons. The molecule has 4 heteroatoms. The molecule has 1 fully saturated rings. The van der Waals surface area contributed by atoms with Crippen LogP contribution in [0.25, 0.3) is 0 Å². The van der Waals surface area contributed by atoms with E-state index in [1.54, 1.807) is 0 Å². The minimum atomic E-state index is 0.162. The van der Waals surface area contributed by atoms with Gasteiger partial charge in [0.05, 0.1) is 25.4 Å². The highest BCUT2D eigenvalue weighted by Gasteiger charge is 2.32. The summed E-state index contributed by atoms with van der Waals surface area (Å²) in [5, 5.41) is 3.40. The second-order valence-electron chi connectivity index (χ2n) is 5.11. The third-order valence-electron chi connectivity index (χ3n) is 3.74. The van der Waals surface area contributed by atoms with Crippen molar-refractivity contribution in [1.82, 2.24) is 10.2 Å². The first-order valence-corrected chi connectivity index (χ1v) is 7.52. The van der Waals surface area contributed by atoms with E-state index in [0.29, 0.717) is 6.61 Å². The van der Waals surface area contributed by atoms with Gasteiger partial charge in [-0.3, -0.25) is 4.90 Å². The number of likely N-dealkylation sites (N-methyl/N-ethyl adjacent to an activating group) is 2. The smallest absolute Gasteiger partial charge is 0.124 e. The average Bonchev–Trinajstić information content (AvgIpc) is 2.46. The summed E-state index contributed by atoms with van der Waals surface area (Å²) in [5.41, 5.74) is 1.22. The molecule has 0 saturated carbocycles. The normalized spacial score (nSPS) is 23.8. The lowest BCUT2D eigenvalue weighted by atomic mass is 9.97. The van der Waals surface area contributed by atoms with Gasteiger partial charge in [0.25, 0.3) is 0 Å². The molecule has 1 saturated heterocycles. The summed E-state index contributed by atoms with van der Waals surface area (Å²) in [5.74, 6) is 0.971. The first-order valence-electron chi connectivity index (χ1n) is 7.52. The van der Waals surface area contributed by atoms with Crippen LogP contribution in [0, 0.1) is 0 Å². The van der Waals surface area contributed by atoms with Gasteiger partial charge in [0.15, 0.2) is 0 Å². The number of morpholine rings is 1. The first-order chi connectivity index (χ1) is 9.77. The van der Waals surface area contributed by atoms with Crippen LogP contribution in [0.2, 0.25) is 0 Å². The van der Waals surface area contributed by atoms with Crippen molar-refractivity contribution >= 4 is 0 Å². The molecule has 1 aliphatic heterocycles. The van der Waals surface area contributed by atoms with Gasteiger partial charge in [-0.25, -0.2) is 0 Å². The predicted octanol–water partition coefficient (Wildman–Crippen LogP) is 2.07. The van der Waals surface area contributed by atoms with Crippen molar-refractivity contribution < 1.29 is 9.47 Å². The van der Waals surface area contributed by atoms with Crippen molar-refractivity contribution in [2.75, 3.05) is 39.9 Å². The van der Waals surface area contributed by atoms with Crippen LogP contribution >= 0.6 is 0 Å². The van der Waals surface area contributed by atoms with Gasteiger partial charge in [-0.15, -0.1) is 0 Å². The molecule has 2 atom stereocenters. The Bertz CT molecular complexity index is 411. The molecule has 1 heterocycles. The molecule has 20 heavy (non-hydrogen) atoms. The Hall–Kier alpha value is -1.10. The highest BCUT2D eigenvalue weighted by Crippen LogP contribution is 2.34. The summed E-state index contributed by atoms with van der Waals surface area (Å²) in [7, 11) is 2.16. The maximum atomic E-state index is 5.99. The van der Waals surface area contributed by atoms with Crippen LogP contribution < -0.4 is 10.1 Å². The number of nitrogens with zero attached hydrogens (tertiary/aromatic N) is 1. The van der Waals surface area contributed by atoms with E-state index in [4.69, 9.17) is 9.47 Å². The van der Waals surface area contributed by atoms with Gasteiger partial charge < -0.3 is 14.8 Å². The van der Waals surface area contributed by atoms with Gasteiger partial charge in [0.1, 0.15) is 5.75 Å². The Morgan fingerprint density at radius 1 is 1.35 bits per heavy atom. The van der Waals surface area contributed by atoms with Crippen LogP contribution in [-0.4, -0.2) is 50.9 Å². The van der Waals surface area contributed by atoms with E-state index in [0.717, 1.165) is 32.0 Å². The topological polar surface area (TPSA) is 33.7 Å². The molecule has 1 N–H and O–H groups in total. The summed E-state index contributed by atoms with van der Waals surface area (Å²) < 4.78 is 11.8. The first kappa shape index (κ1) is 15.3. The molecule has 2 rings (SSSR count). The maximum absolute atomic E-state index is 5.99. The fraction of sp³-hybridized carbons (Fsp3) is 0.625. The fourth-order valence-corrected chi connectivity index (χ4v) is 2.77. The number of hydrogen-bond donors (Lipinski definition) is 1. The van der Waals surface area contributed by atoms with E-state index < -0.39 is 0 Å². The van der Waals surface area contributed by atoms with Crippen LogP contribution in [0.1, 0.15) is 25.5 Å². The van der Waals surface area contributed by atoms with Gasteiger partial charge in [-0.2, -0.15) is 0 Å². The maximum Gasteiger partial charge on any atom is 0.124 e. The lowest BCUT2D eigenvalue weighted by molar-refractivity contribution is -0.0618. The van der Waals surface area contributed by atoms with Gasteiger partial charge in [-0.05, 0) is 26.6 Å². The number of ether oxygens (including phenoxy) is 2. The summed E-state index contributed by atoms with van der Waals surface area (Å²) in [6, 6.07) is 8.54. The van der Waals surface area contributed by atoms with Crippen LogP contribution in [0.15, 0.2) is 24.3 Å². The molecule has 0 aliphatic carbocycles. The van der Waals surface area contributed by atoms with Crippen molar-refractivity contribution in [3.05, 3.63) is 29.8 Å². The van der Waals surface area contributed by atoms with Gasteiger partial charge in [0, 0.05) is 18.7 Å². The van der Waals surface area contributed by atoms with E-state index in [-0.39, 0.29) is 12.1 Å². The third-order valence-corrected chi connectivity index (χ3v) is 3.74. The SMILES string of the molecule is CCNCC1OCCN(C)C1c1ccccc1OCC. The van der Waals surface area contributed by atoms with E-state index in [1.807, 2.05) is 19.1 Å². The molecule has 0 aromatic heterocycles. The zero-order valence-corrected chi connectivity index (χ0v) is 12.8. The fourth-order valence-electron chi connectivity index (χ4n) is 2.77. The molecular weight excluding hydrogens is 252 g/mol. The van der Waals surface area contributed by atoms with Gasteiger partial charge in [0.2, 0.25) is 0 Å². The lowest BCUT2D eigenvalue weighted by Crippen LogP contribution is -2.47. The quantitative estimate of drug-likeness (QED) is 0.863. The Morgan fingerprint density at radius 2 is 2.15 bits per heavy atom. The van der Waals surface area contributed by atoms with E-state index in [1.165, 1.54) is 5.56 Å². The highest BCUT2D eigenvalue weighted by molar-refractivity contribution is 5.37. The monoisotopic (exact) mass is 278 g/mol. The number of nitrogens with one attached hydrogen (secondary N) is 1. The van der Waals surface area contributed by atoms with Gasteiger partial charge in [-0.1, -0.05) is 25.1 Å². The molecule has 4 nitrogen and oxygen atoms in total. The van der Waals surface area contributed by atoms with Crippen molar-refractivity contribution in [1.29, 1.82) is 0 Å². The Labute approximate surface area is 122 Å². The minimum absolute atomic E-state index is 0.162. The molecule has 0 radical (unpaired) electrons. The molecule has 0 amide bonds. The van der Waals surface area contributed by atoms with Crippen molar-refractivity contribution in [3.8, 4) is 5.75 Å². The van der Waals surface area contributed by atoms with Crippen molar-refractivity contribution in [2.24, 2.45) is 0 Å². The summed E-state index contributed by atoms with van der Waals surface area (Å²) in [6.45, 7) is 8.40. The minimum Gasteiger partial charge on any atom is -0.494 e. The van der Waals surface area contributed by atoms with Crippen LogP contribution in [0.5, 0.6) is 5.75 Å². The number of rotatable bonds is 6. The Kier molecular flexibility index (Phi) is 5.83. The van der Waals surface area contributed by atoms with Crippen LogP contribution in [0.3, 0.4) is 0 Å². The Morgan fingerprint density at radius 3 is 2.90 bits per heavy atom. The average molecular weight is 278 g/mol. The molecule has 0 bridgehead atoms. The summed E-state index contributed by atoms with van der Waals surface area (Å²) >= 11 is 0. The number of benzene rings is 1. The Balaban J connectivity index is 2.25. The zero-order valence-electron chi connectivity index (χ0n) is 12.8. The lowest BCUT2D eigenvalue weighted by Gasteiger charge is -2.40. The third kappa shape index (κ3) is 3.51. The molecule has 1 aromatic rings. The van der Waals surface area contributed by atoms with E-state index >= 15 is 0 Å². The molecule has 1 aromatic carbocycles. The largest absolute Gasteiger partial charge is 0.494 e. The van der Waals surface area contributed by atoms with Crippen LogP contribution in [0.4, 0.5) is 0 Å². The van der Waals surface area contributed by atoms with E-state index in [2.05, 4.69) is 36.3 Å². The van der Waals surface area contributed by atoms with Crippen molar-refractivity contribution in [3.63, 3.8) is 0 Å². The standard InChI is InChI=1S/C16H26N2O2/c1-4-17-12-15-16(18(3)10-11-20-15)13-8-6-7-9-14(13)19-5-2/h6-9,15-17H,4-5,10-12H2,1-3H3. The zero-order chi connectivity index (χ0) is 14.4. The molecule has 2 unspecified atom stereocenters. The molecule has 1 aliphatic rings. The van der Waals surface area contributed by atoms with Crippen molar-refractivity contribution in [2.45, 2.75) is 26.0 Å². The highest BCUT2D eigenvalue weighted by atomic mass is 16.5. The molecular formula is C16H26N2O2. The molecule has 0 spiro atoms. The number of para-hydroxylation sites is 1. The van der Waals surface area contributed by atoms with Crippen LogP contribution in [-0.2, 0) is 4.74 Å². The van der Waals surface area contributed by atoms with E-state index in [9.17, 15) is 0 Å². The number of hydrogen-bond acceptors (Lipinski definition) is 4. The predicted molar refractivity (Wildman–Crippen MR) is 81.3 cm³/mol.